The summed E-state index contributed by atoms with van der Waals surface area (Å²) in [4.78, 5) is 24.7. The van der Waals surface area contributed by atoms with E-state index in [1.807, 2.05) is 25.1 Å². The maximum atomic E-state index is 12.6. The van der Waals surface area contributed by atoms with Crippen molar-refractivity contribution in [2.75, 3.05) is 5.32 Å². The van der Waals surface area contributed by atoms with Gasteiger partial charge in [0.15, 0.2) is 5.60 Å². The van der Waals surface area contributed by atoms with Gasteiger partial charge in [0, 0.05) is 17.1 Å². The maximum Gasteiger partial charge on any atom is 0.339 e. The van der Waals surface area contributed by atoms with Gasteiger partial charge in [-0.3, -0.25) is 4.79 Å². The van der Waals surface area contributed by atoms with Gasteiger partial charge in [-0.1, -0.05) is 35.9 Å². The quantitative estimate of drug-likeness (QED) is 0.853. The summed E-state index contributed by atoms with van der Waals surface area (Å²) in [6, 6.07) is 12.4. The monoisotopic (exact) mass is 329 g/mol. The lowest BCUT2D eigenvalue weighted by atomic mass is 9.89. The zero-order valence-corrected chi connectivity index (χ0v) is 13.6. The van der Waals surface area contributed by atoms with Crippen LogP contribution in [0.3, 0.4) is 0 Å². The summed E-state index contributed by atoms with van der Waals surface area (Å²) >= 11 is 6.07. The molecule has 0 radical (unpaired) electrons. The van der Waals surface area contributed by atoms with Crippen LogP contribution in [0.2, 0.25) is 5.02 Å². The predicted octanol–water partition coefficient (Wildman–Crippen LogP) is 3.76. The summed E-state index contributed by atoms with van der Waals surface area (Å²) in [7, 11) is 0. The number of esters is 1. The van der Waals surface area contributed by atoms with E-state index in [0.29, 0.717) is 22.7 Å². The van der Waals surface area contributed by atoms with Crippen LogP contribution in [0.25, 0.3) is 0 Å². The minimum Gasteiger partial charge on any atom is -0.445 e. The molecule has 0 unspecified atom stereocenters. The maximum absolute atomic E-state index is 12.6. The van der Waals surface area contributed by atoms with Crippen molar-refractivity contribution in [3.05, 3.63) is 64.2 Å². The lowest BCUT2D eigenvalue weighted by Gasteiger charge is -2.33. The fraction of sp³-hybridized carbons (Fsp3) is 0.222. The molecule has 3 rings (SSSR count). The molecule has 0 saturated carbocycles. The van der Waals surface area contributed by atoms with Gasteiger partial charge in [0.2, 0.25) is 0 Å². The molecular weight excluding hydrogens is 314 g/mol. The molecule has 0 fully saturated rings. The van der Waals surface area contributed by atoms with Crippen molar-refractivity contribution in [1.29, 1.82) is 0 Å². The highest BCUT2D eigenvalue weighted by atomic mass is 35.5. The van der Waals surface area contributed by atoms with E-state index >= 15 is 0 Å². The van der Waals surface area contributed by atoms with Gasteiger partial charge >= 0.3 is 5.97 Å². The zero-order chi connectivity index (χ0) is 16.6. The number of fused-ring (bicyclic) bond motifs is 1. The second-order valence-electron chi connectivity index (χ2n) is 5.87. The first kappa shape index (κ1) is 15.6. The summed E-state index contributed by atoms with van der Waals surface area (Å²) < 4.78 is 5.40. The van der Waals surface area contributed by atoms with E-state index in [1.54, 1.807) is 31.2 Å². The molecule has 1 amide bonds. The summed E-state index contributed by atoms with van der Waals surface area (Å²) in [6.45, 7) is 3.50. The number of aryl methyl sites for hydroxylation is 1. The first-order chi connectivity index (χ1) is 10.9. The number of carbonyl (C=O) groups is 2. The van der Waals surface area contributed by atoms with Crippen molar-refractivity contribution >= 4 is 29.2 Å². The minimum absolute atomic E-state index is 0.334. The summed E-state index contributed by atoms with van der Waals surface area (Å²) in [5.41, 5.74) is 1.57. The van der Waals surface area contributed by atoms with Crippen LogP contribution in [0.4, 0.5) is 5.69 Å². The fourth-order valence-corrected chi connectivity index (χ4v) is 2.77. The molecule has 0 aromatic heterocycles. The Morgan fingerprint density at radius 2 is 2.00 bits per heavy atom. The van der Waals surface area contributed by atoms with E-state index in [-0.39, 0.29) is 5.91 Å². The number of ether oxygens (including phenoxy) is 1. The van der Waals surface area contributed by atoms with Gasteiger partial charge in [-0.2, -0.15) is 0 Å². The Balaban J connectivity index is 1.84. The molecule has 1 aliphatic heterocycles. The second kappa shape index (κ2) is 5.70. The Morgan fingerprint density at radius 3 is 2.74 bits per heavy atom. The van der Waals surface area contributed by atoms with Crippen LogP contribution in [0, 0.1) is 6.92 Å². The van der Waals surface area contributed by atoms with Crippen LogP contribution in [0.1, 0.15) is 28.4 Å². The fourth-order valence-electron chi connectivity index (χ4n) is 2.59. The topological polar surface area (TPSA) is 55.4 Å². The molecule has 1 heterocycles. The Kier molecular flexibility index (Phi) is 3.86. The molecule has 5 heteroatoms. The number of hydrogen-bond donors (Lipinski definition) is 1. The average Bonchev–Trinajstić information content (AvgIpc) is 2.51. The van der Waals surface area contributed by atoms with E-state index in [9.17, 15) is 9.59 Å². The molecule has 2 aromatic carbocycles. The van der Waals surface area contributed by atoms with Crippen LogP contribution in [0.15, 0.2) is 42.5 Å². The predicted molar refractivity (Wildman–Crippen MR) is 88.8 cm³/mol. The number of cyclic esters (lactones) is 1. The number of carbonyl (C=O) groups excluding carboxylic acids is 2. The molecule has 1 aliphatic rings. The number of anilines is 1. The third kappa shape index (κ3) is 2.94. The molecule has 0 spiro atoms. The first-order valence-corrected chi connectivity index (χ1v) is 7.66. The largest absolute Gasteiger partial charge is 0.445 e. The minimum atomic E-state index is -1.25. The second-order valence-corrected chi connectivity index (χ2v) is 6.28. The van der Waals surface area contributed by atoms with Gasteiger partial charge in [0.25, 0.3) is 5.91 Å². The third-order valence-electron chi connectivity index (χ3n) is 3.99. The van der Waals surface area contributed by atoms with Gasteiger partial charge in [-0.05, 0) is 43.2 Å². The molecule has 118 valence electrons. The van der Waals surface area contributed by atoms with Crippen molar-refractivity contribution in [1.82, 2.24) is 0 Å². The van der Waals surface area contributed by atoms with Crippen molar-refractivity contribution in [2.24, 2.45) is 0 Å². The van der Waals surface area contributed by atoms with E-state index in [1.165, 1.54) is 0 Å². The first-order valence-electron chi connectivity index (χ1n) is 7.28. The molecule has 1 atom stereocenters. The van der Waals surface area contributed by atoms with E-state index in [4.69, 9.17) is 16.3 Å². The van der Waals surface area contributed by atoms with Crippen molar-refractivity contribution in [3.63, 3.8) is 0 Å². The molecule has 23 heavy (non-hydrogen) atoms. The standard InChI is InChI=1S/C18H16ClNO3/c1-11-7-8-13(9-15(11)19)20-17(22)18(2)10-12-5-3-4-6-14(12)16(21)23-18/h3-9H,10H2,1-2H3,(H,20,22)/t18-/m1/s1. The summed E-state index contributed by atoms with van der Waals surface area (Å²) in [5.74, 6) is -0.855. The number of rotatable bonds is 2. The number of benzene rings is 2. The SMILES string of the molecule is Cc1ccc(NC(=O)[C@@]2(C)Cc3ccccc3C(=O)O2)cc1Cl. The average molecular weight is 330 g/mol. The Morgan fingerprint density at radius 1 is 1.26 bits per heavy atom. The van der Waals surface area contributed by atoms with Gasteiger partial charge < -0.3 is 10.1 Å². The van der Waals surface area contributed by atoms with Crippen LogP contribution in [0.5, 0.6) is 0 Å². The lowest BCUT2D eigenvalue weighted by molar-refractivity contribution is -0.134. The van der Waals surface area contributed by atoms with Crippen LogP contribution in [-0.2, 0) is 16.0 Å². The molecule has 0 bridgehead atoms. The van der Waals surface area contributed by atoms with Gasteiger partial charge in [0.1, 0.15) is 0 Å². The van der Waals surface area contributed by atoms with Gasteiger partial charge in [0.05, 0.1) is 5.56 Å². The van der Waals surface area contributed by atoms with Crippen LogP contribution in [-0.4, -0.2) is 17.5 Å². The summed E-state index contributed by atoms with van der Waals surface area (Å²) in [6.07, 6.45) is 0.334. The zero-order valence-electron chi connectivity index (χ0n) is 12.9. The Bertz CT molecular complexity index is 803. The van der Waals surface area contributed by atoms with E-state index in [0.717, 1.165) is 11.1 Å². The third-order valence-corrected chi connectivity index (χ3v) is 4.40. The van der Waals surface area contributed by atoms with E-state index < -0.39 is 11.6 Å². The van der Waals surface area contributed by atoms with Gasteiger partial charge in [-0.25, -0.2) is 4.79 Å². The number of amides is 1. The highest BCUT2D eigenvalue weighted by Gasteiger charge is 2.42. The highest BCUT2D eigenvalue weighted by molar-refractivity contribution is 6.31. The Hall–Kier alpha value is -2.33. The van der Waals surface area contributed by atoms with Crippen molar-refractivity contribution in [3.8, 4) is 0 Å². The lowest BCUT2D eigenvalue weighted by Crippen LogP contribution is -2.48. The number of nitrogens with one attached hydrogen (secondary N) is 1. The Labute approximate surface area is 139 Å². The van der Waals surface area contributed by atoms with Crippen molar-refractivity contribution < 1.29 is 14.3 Å². The van der Waals surface area contributed by atoms with Crippen LogP contribution < -0.4 is 5.32 Å². The summed E-state index contributed by atoms with van der Waals surface area (Å²) in [5, 5.41) is 3.34. The molecule has 2 aromatic rings. The smallest absolute Gasteiger partial charge is 0.339 e. The molecule has 0 saturated heterocycles. The van der Waals surface area contributed by atoms with Crippen molar-refractivity contribution in [2.45, 2.75) is 25.9 Å². The molecular formula is C18H16ClNO3. The number of hydrogen-bond acceptors (Lipinski definition) is 3. The van der Waals surface area contributed by atoms with Gasteiger partial charge in [-0.15, -0.1) is 0 Å². The van der Waals surface area contributed by atoms with E-state index in [2.05, 4.69) is 5.32 Å². The molecule has 4 nitrogen and oxygen atoms in total. The molecule has 0 aliphatic carbocycles. The highest BCUT2D eigenvalue weighted by Crippen LogP contribution is 2.29. The number of halogens is 1. The normalized spacial score (nSPS) is 19.7. The molecule has 1 N–H and O–H groups in total. The van der Waals surface area contributed by atoms with Crippen LogP contribution >= 0.6 is 11.6 Å².